The van der Waals surface area contributed by atoms with Gasteiger partial charge in [-0.2, -0.15) is 0 Å². The first-order valence-electron chi connectivity index (χ1n) is 6.50. The van der Waals surface area contributed by atoms with Crippen molar-refractivity contribution in [3.8, 4) is 0 Å². The Balaban J connectivity index is 2.42. The second-order valence-electron chi connectivity index (χ2n) is 4.51. The number of benzene rings is 1. The molecule has 0 spiro atoms. The fraction of sp³-hybridized carbons (Fsp3) is 0.462. The number of unbranched alkanes of at least 4 members (excludes halogenated alkanes) is 3. The molecular formula is C13H17Cl2NO4S. The number of sulfonamides is 1. The molecule has 0 aliphatic heterocycles. The lowest BCUT2D eigenvalue weighted by molar-refractivity contribution is -0.137. The van der Waals surface area contributed by atoms with Gasteiger partial charge < -0.3 is 5.11 Å². The molecule has 0 aliphatic carbocycles. The maximum absolute atomic E-state index is 12.1. The van der Waals surface area contributed by atoms with Gasteiger partial charge in [0.2, 0.25) is 10.0 Å². The lowest BCUT2D eigenvalue weighted by Gasteiger charge is -2.09. The van der Waals surface area contributed by atoms with Crippen molar-refractivity contribution in [3.05, 3.63) is 28.2 Å². The number of carboxylic acid groups (broad SMARTS) is 1. The fourth-order valence-corrected chi connectivity index (χ4v) is 3.99. The molecule has 1 rings (SSSR count). The minimum atomic E-state index is -3.74. The van der Waals surface area contributed by atoms with Crippen LogP contribution in [0, 0.1) is 0 Å². The van der Waals surface area contributed by atoms with E-state index in [4.69, 9.17) is 28.3 Å². The monoisotopic (exact) mass is 353 g/mol. The Morgan fingerprint density at radius 3 is 2.24 bits per heavy atom. The largest absolute Gasteiger partial charge is 0.481 e. The highest BCUT2D eigenvalue weighted by Crippen LogP contribution is 2.28. The highest BCUT2D eigenvalue weighted by atomic mass is 35.5. The van der Waals surface area contributed by atoms with Gasteiger partial charge in [-0.3, -0.25) is 4.79 Å². The van der Waals surface area contributed by atoms with Gasteiger partial charge >= 0.3 is 5.97 Å². The van der Waals surface area contributed by atoms with Gasteiger partial charge in [0.15, 0.2) is 0 Å². The molecule has 0 amide bonds. The summed E-state index contributed by atoms with van der Waals surface area (Å²) in [7, 11) is -3.74. The van der Waals surface area contributed by atoms with Crippen LogP contribution in [-0.2, 0) is 14.8 Å². The van der Waals surface area contributed by atoms with Gasteiger partial charge in [0, 0.05) is 13.0 Å². The van der Waals surface area contributed by atoms with E-state index in [9.17, 15) is 13.2 Å². The summed E-state index contributed by atoms with van der Waals surface area (Å²) >= 11 is 11.7. The maximum atomic E-state index is 12.1. The molecule has 0 unspecified atom stereocenters. The van der Waals surface area contributed by atoms with Gasteiger partial charge in [0.05, 0.1) is 10.0 Å². The van der Waals surface area contributed by atoms with Gasteiger partial charge in [-0.25, -0.2) is 13.1 Å². The standard InChI is InChI=1S/C13H17Cl2NO4S/c14-10-6-5-7-11(15)13(10)21(19,20)16-9-4-2-1-3-8-12(17)18/h5-7,16H,1-4,8-9H2,(H,17,18). The summed E-state index contributed by atoms with van der Waals surface area (Å²) in [6.45, 7) is 0.261. The SMILES string of the molecule is O=C(O)CCCCCCNS(=O)(=O)c1c(Cl)cccc1Cl. The molecule has 0 radical (unpaired) electrons. The number of halogens is 2. The number of hydrogen-bond donors (Lipinski definition) is 2. The zero-order chi connectivity index (χ0) is 15.9. The molecule has 0 heterocycles. The summed E-state index contributed by atoms with van der Waals surface area (Å²) in [6.07, 6.45) is 2.87. The Morgan fingerprint density at radius 1 is 1.10 bits per heavy atom. The molecule has 1 aromatic carbocycles. The predicted octanol–water partition coefficient (Wildman–Crippen LogP) is 3.31. The maximum Gasteiger partial charge on any atom is 0.303 e. The molecule has 0 aliphatic rings. The minimum Gasteiger partial charge on any atom is -0.481 e. The molecule has 2 N–H and O–H groups in total. The van der Waals surface area contributed by atoms with Crippen molar-refractivity contribution in [3.63, 3.8) is 0 Å². The number of carbonyl (C=O) groups is 1. The van der Waals surface area contributed by atoms with Crippen molar-refractivity contribution >= 4 is 39.2 Å². The number of hydrogen-bond acceptors (Lipinski definition) is 3. The topological polar surface area (TPSA) is 83.5 Å². The molecule has 1 aromatic rings. The van der Waals surface area contributed by atoms with Gasteiger partial charge in [-0.05, 0) is 25.0 Å². The quantitative estimate of drug-likeness (QED) is 0.667. The summed E-state index contributed by atoms with van der Waals surface area (Å²) < 4.78 is 26.6. The summed E-state index contributed by atoms with van der Waals surface area (Å²) in [5.41, 5.74) is 0. The summed E-state index contributed by atoms with van der Waals surface area (Å²) in [6, 6.07) is 4.51. The minimum absolute atomic E-state index is 0.0801. The van der Waals surface area contributed by atoms with E-state index >= 15 is 0 Å². The van der Waals surface area contributed by atoms with E-state index in [1.54, 1.807) is 6.07 Å². The van der Waals surface area contributed by atoms with Crippen LogP contribution in [0.2, 0.25) is 10.0 Å². The van der Waals surface area contributed by atoms with Crippen molar-refractivity contribution < 1.29 is 18.3 Å². The molecule has 0 atom stereocenters. The van der Waals surface area contributed by atoms with E-state index in [0.29, 0.717) is 12.8 Å². The Hall–Kier alpha value is -0.820. The third-order valence-corrected chi connectivity index (χ3v) is 5.21. The van der Waals surface area contributed by atoms with Gasteiger partial charge in [0.1, 0.15) is 4.90 Å². The number of aliphatic carboxylic acids is 1. The average Bonchev–Trinajstić information content (AvgIpc) is 2.36. The third kappa shape index (κ3) is 6.22. The Labute approximate surface area is 134 Å². The van der Waals surface area contributed by atoms with Crippen molar-refractivity contribution in [2.75, 3.05) is 6.54 Å². The van der Waals surface area contributed by atoms with Crippen LogP contribution in [0.4, 0.5) is 0 Å². The Bertz CT molecular complexity index is 570. The molecule has 8 heteroatoms. The number of nitrogens with one attached hydrogen (secondary N) is 1. The Morgan fingerprint density at radius 2 is 1.67 bits per heavy atom. The molecule has 0 fully saturated rings. The first-order valence-corrected chi connectivity index (χ1v) is 8.74. The molecule has 0 saturated heterocycles. The Kier molecular flexibility index (Phi) is 7.45. The van der Waals surface area contributed by atoms with Crippen LogP contribution in [0.5, 0.6) is 0 Å². The molecule has 0 saturated carbocycles. The zero-order valence-electron chi connectivity index (χ0n) is 11.3. The van der Waals surface area contributed by atoms with Crippen LogP contribution in [0.3, 0.4) is 0 Å². The van der Waals surface area contributed by atoms with Gasteiger partial charge in [0.25, 0.3) is 0 Å². The van der Waals surface area contributed by atoms with Crippen molar-refractivity contribution in [2.24, 2.45) is 0 Å². The van der Waals surface area contributed by atoms with Crippen molar-refractivity contribution in [1.82, 2.24) is 4.72 Å². The average molecular weight is 354 g/mol. The number of rotatable bonds is 9. The van der Waals surface area contributed by atoms with Crippen LogP contribution in [0.25, 0.3) is 0 Å². The van der Waals surface area contributed by atoms with Gasteiger partial charge in [-0.1, -0.05) is 42.1 Å². The molecule has 0 aromatic heterocycles. The van der Waals surface area contributed by atoms with Crippen molar-refractivity contribution in [2.45, 2.75) is 37.0 Å². The van der Waals surface area contributed by atoms with Gasteiger partial charge in [-0.15, -0.1) is 0 Å². The van der Waals surface area contributed by atoms with E-state index in [1.807, 2.05) is 0 Å². The van der Waals surface area contributed by atoms with E-state index in [-0.39, 0.29) is 27.9 Å². The molecular weight excluding hydrogens is 337 g/mol. The van der Waals surface area contributed by atoms with Crippen LogP contribution in [-0.4, -0.2) is 26.0 Å². The van der Waals surface area contributed by atoms with Crippen LogP contribution >= 0.6 is 23.2 Å². The van der Waals surface area contributed by atoms with Crippen LogP contribution in [0.1, 0.15) is 32.1 Å². The molecule has 0 bridgehead atoms. The molecule has 5 nitrogen and oxygen atoms in total. The normalized spacial score (nSPS) is 11.5. The van der Waals surface area contributed by atoms with E-state index in [2.05, 4.69) is 4.72 Å². The third-order valence-electron chi connectivity index (χ3n) is 2.80. The second-order valence-corrected chi connectivity index (χ2v) is 7.02. The highest BCUT2D eigenvalue weighted by molar-refractivity contribution is 7.89. The van der Waals surface area contributed by atoms with E-state index < -0.39 is 16.0 Å². The van der Waals surface area contributed by atoms with E-state index in [0.717, 1.165) is 12.8 Å². The summed E-state index contributed by atoms with van der Waals surface area (Å²) in [4.78, 5) is 10.2. The first-order chi connectivity index (χ1) is 9.84. The lowest BCUT2D eigenvalue weighted by atomic mass is 10.1. The summed E-state index contributed by atoms with van der Waals surface area (Å²) in [5, 5.41) is 8.64. The predicted molar refractivity (Wildman–Crippen MR) is 82.4 cm³/mol. The first kappa shape index (κ1) is 18.2. The highest BCUT2D eigenvalue weighted by Gasteiger charge is 2.20. The lowest BCUT2D eigenvalue weighted by Crippen LogP contribution is -2.25. The van der Waals surface area contributed by atoms with E-state index in [1.165, 1.54) is 12.1 Å². The number of carboxylic acids is 1. The van der Waals surface area contributed by atoms with Crippen molar-refractivity contribution in [1.29, 1.82) is 0 Å². The zero-order valence-corrected chi connectivity index (χ0v) is 13.6. The second kappa shape index (κ2) is 8.58. The molecule has 21 heavy (non-hydrogen) atoms. The van der Waals surface area contributed by atoms with Crippen LogP contribution < -0.4 is 4.72 Å². The fourth-order valence-electron chi connectivity index (χ4n) is 1.77. The summed E-state index contributed by atoms with van der Waals surface area (Å²) in [5.74, 6) is -0.816. The smallest absolute Gasteiger partial charge is 0.303 e. The molecule has 118 valence electrons. The van der Waals surface area contributed by atoms with Crippen LogP contribution in [0.15, 0.2) is 23.1 Å².